The Morgan fingerprint density at radius 3 is 2.48 bits per heavy atom. The van der Waals surface area contributed by atoms with Gasteiger partial charge in [-0.05, 0) is 43.5 Å². The molecule has 3 nitrogen and oxygen atoms in total. The minimum absolute atomic E-state index is 0.196. The van der Waals surface area contributed by atoms with Gasteiger partial charge in [0.15, 0.2) is 0 Å². The van der Waals surface area contributed by atoms with Gasteiger partial charge in [0.1, 0.15) is 5.75 Å². The van der Waals surface area contributed by atoms with E-state index in [1.807, 2.05) is 0 Å². The second kappa shape index (κ2) is 6.90. The first-order valence-corrected chi connectivity index (χ1v) is 8.70. The predicted molar refractivity (Wildman–Crippen MR) is 96.9 cm³/mol. The van der Waals surface area contributed by atoms with Gasteiger partial charge in [0.05, 0.1) is 13.2 Å². The number of piperidine rings is 1. The molecule has 0 bridgehead atoms. The fourth-order valence-electron chi connectivity index (χ4n) is 4.24. The van der Waals surface area contributed by atoms with E-state index < -0.39 is 0 Å². The largest absolute Gasteiger partial charge is 0.496 e. The number of benzene rings is 2. The Morgan fingerprint density at radius 2 is 1.83 bits per heavy atom. The number of nitrogens with zero attached hydrogens (tertiary/aromatic N) is 1. The maximum absolute atomic E-state index is 6.28. The summed E-state index contributed by atoms with van der Waals surface area (Å²) in [6.45, 7) is 5.27. The predicted octanol–water partition coefficient (Wildman–Crippen LogP) is 4.11. The van der Waals surface area contributed by atoms with E-state index in [-0.39, 0.29) is 6.04 Å². The van der Waals surface area contributed by atoms with Crippen LogP contribution in [-0.4, -0.2) is 30.6 Å². The Bertz CT molecular complexity index is 660. The lowest BCUT2D eigenvalue weighted by molar-refractivity contribution is 0.0573. The van der Waals surface area contributed by atoms with Crippen LogP contribution in [-0.2, 0) is 0 Å². The highest BCUT2D eigenvalue weighted by Crippen LogP contribution is 2.39. The molecule has 0 aromatic heterocycles. The van der Waals surface area contributed by atoms with Crippen LogP contribution < -0.4 is 10.5 Å². The molecule has 0 amide bonds. The van der Waals surface area contributed by atoms with Crippen LogP contribution in [0.1, 0.15) is 44.7 Å². The lowest BCUT2D eigenvalue weighted by atomic mass is 9.90. The van der Waals surface area contributed by atoms with Crippen molar-refractivity contribution < 1.29 is 4.74 Å². The SMILES string of the molecule is COc1ccc2ccccc2c1C(CN)N1C(C)CCCC1C. The summed E-state index contributed by atoms with van der Waals surface area (Å²) in [5.41, 5.74) is 7.52. The summed E-state index contributed by atoms with van der Waals surface area (Å²) >= 11 is 0. The van der Waals surface area contributed by atoms with E-state index in [4.69, 9.17) is 10.5 Å². The Labute approximate surface area is 139 Å². The van der Waals surface area contributed by atoms with Crippen LogP contribution in [0.15, 0.2) is 36.4 Å². The third-order valence-electron chi connectivity index (χ3n) is 5.33. The van der Waals surface area contributed by atoms with Crippen molar-refractivity contribution in [3.63, 3.8) is 0 Å². The van der Waals surface area contributed by atoms with Crippen molar-refractivity contribution in [2.45, 2.75) is 51.2 Å². The highest BCUT2D eigenvalue weighted by Gasteiger charge is 2.33. The minimum atomic E-state index is 0.196. The number of hydrogen-bond donors (Lipinski definition) is 1. The van der Waals surface area contributed by atoms with E-state index in [9.17, 15) is 0 Å². The monoisotopic (exact) mass is 312 g/mol. The van der Waals surface area contributed by atoms with Gasteiger partial charge >= 0.3 is 0 Å². The molecule has 3 rings (SSSR count). The van der Waals surface area contributed by atoms with Gasteiger partial charge in [-0.15, -0.1) is 0 Å². The first-order valence-electron chi connectivity index (χ1n) is 8.70. The standard InChI is InChI=1S/C20H28N2O/c1-14-7-6-8-15(2)22(14)18(13-21)20-17-10-5-4-9-16(17)11-12-19(20)23-3/h4-5,9-12,14-15,18H,6-8,13,21H2,1-3H3. The average Bonchev–Trinajstić information content (AvgIpc) is 2.57. The van der Waals surface area contributed by atoms with Gasteiger partial charge in [-0.1, -0.05) is 36.8 Å². The van der Waals surface area contributed by atoms with Crippen LogP contribution in [0.3, 0.4) is 0 Å². The lowest BCUT2D eigenvalue weighted by Gasteiger charge is -2.44. The van der Waals surface area contributed by atoms with E-state index in [0.717, 1.165) is 5.75 Å². The molecule has 1 aliphatic heterocycles. The second-order valence-electron chi connectivity index (χ2n) is 6.73. The highest BCUT2D eigenvalue weighted by molar-refractivity contribution is 5.88. The molecule has 2 aromatic carbocycles. The van der Waals surface area contributed by atoms with Crippen molar-refractivity contribution in [3.05, 3.63) is 42.0 Å². The van der Waals surface area contributed by atoms with Gasteiger partial charge in [-0.2, -0.15) is 0 Å². The van der Waals surface area contributed by atoms with Gasteiger partial charge in [-0.3, -0.25) is 4.90 Å². The molecule has 1 saturated heterocycles. The Hall–Kier alpha value is -1.58. The summed E-state index contributed by atoms with van der Waals surface area (Å²) in [7, 11) is 1.75. The normalized spacial score (nSPS) is 23.8. The molecular weight excluding hydrogens is 284 g/mol. The van der Waals surface area contributed by atoms with E-state index in [2.05, 4.69) is 55.1 Å². The summed E-state index contributed by atoms with van der Waals surface area (Å²) in [4.78, 5) is 2.60. The summed E-state index contributed by atoms with van der Waals surface area (Å²) in [6, 6.07) is 14.1. The third kappa shape index (κ3) is 2.96. The number of likely N-dealkylation sites (tertiary alicyclic amines) is 1. The number of nitrogens with two attached hydrogens (primary N) is 1. The fourth-order valence-corrected chi connectivity index (χ4v) is 4.24. The smallest absolute Gasteiger partial charge is 0.124 e. The summed E-state index contributed by atoms with van der Waals surface area (Å²) in [6.07, 6.45) is 3.80. The Balaban J connectivity index is 2.15. The highest BCUT2D eigenvalue weighted by atomic mass is 16.5. The van der Waals surface area contributed by atoms with Gasteiger partial charge in [0.25, 0.3) is 0 Å². The van der Waals surface area contributed by atoms with Crippen LogP contribution in [0, 0.1) is 0 Å². The fraction of sp³-hybridized carbons (Fsp3) is 0.500. The van der Waals surface area contributed by atoms with E-state index in [1.165, 1.54) is 35.6 Å². The van der Waals surface area contributed by atoms with Crippen LogP contribution in [0.5, 0.6) is 5.75 Å². The van der Waals surface area contributed by atoms with Crippen molar-refractivity contribution in [1.29, 1.82) is 0 Å². The summed E-state index contributed by atoms with van der Waals surface area (Å²) < 4.78 is 5.72. The van der Waals surface area contributed by atoms with Gasteiger partial charge < -0.3 is 10.5 Å². The minimum Gasteiger partial charge on any atom is -0.496 e. The lowest BCUT2D eigenvalue weighted by Crippen LogP contribution is -2.48. The van der Waals surface area contributed by atoms with E-state index in [0.29, 0.717) is 18.6 Å². The van der Waals surface area contributed by atoms with E-state index in [1.54, 1.807) is 7.11 Å². The maximum atomic E-state index is 6.28. The van der Waals surface area contributed by atoms with Gasteiger partial charge in [0, 0.05) is 24.2 Å². The van der Waals surface area contributed by atoms with E-state index >= 15 is 0 Å². The third-order valence-corrected chi connectivity index (χ3v) is 5.33. The molecule has 3 heteroatoms. The second-order valence-corrected chi connectivity index (χ2v) is 6.73. The van der Waals surface area contributed by atoms with Crippen LogP contribution in [0.2, 0.25) is 0 Å². The quantitative estimate of drug-likeness (QED) is 0.923. The first kappa shape index (κ1) is 16.3. The van der Waals surface area contributed by atoms with Crippen LogP contribution in [0.25, 0.3) is 10.8 Å². The van der Waals surface area contributed by atoms with Gasteiger partial charge in [-0.25, -0.2) is 0 Å². The van der Waals surface area contributed by atoms with Crippen molar-refractivity contribution in [1.82, 2.24) is 4.90 Å². The van der Waals surface area contributed by atoms with Crippen molar-refractivity contribution in [3.8, 4) is 5.75 Å². The molecule has 0 spiro atoms. The van der Waals surface area contributed by atoms with Gasteiger partial charge in [0.2, 0.25) is 0 Å². The van der Waals surface area contributed by atoms with Crippen LogP contribution >= 0.6 is 0 Å². The molecule has 0 radical (unpaired) electrons. The first-order chi connectivity index (χ1) is 11.2. The topological polar surface area (TPSA) is 38.5 Å². The Morgan fingerprint density at radius 1 is 1.13 bits per heavy atom. The molecule has 0 saturated carbocycles. The molecule has 1 fully saturated rings. The number of methoxy groups -OCH3 is 1. The molecule has 0 aliphatic carbocycles. The number of rotatable bonds is 4. The molecule has 1 heterocycles. The molecule has 23 heavy (non-hydrogen) atoms. The zero-order chi connectivity index (χ0) is 16.4. The molecule has 3 unspecified atom stereocenters. The summed E-state index contributed by atoms with van der Waals surface area (Å²) in [5, 5.41) is 2.51. The zero-order valence-electron chi connectivity index (χ0n) is 14.5. The number of ether oxygens (including phenoxy) is 1. The molecule has 2 N–H and O–H groups in total. The zero-order valence-corrected chi connectivity index (χ0v) is 14.5. The number of fused-ring (bicyclic) bond motifs is 1. The van der Waals surface area contributed by atoms with Crippen molar-refractivity contribution in [2.75, 3.05) is 13.7 Å². The average molecular weight is 312 g/mol. The maximum Gasteiger partial charge on any atom is 0.124 e. The van der Waals surface area contributed by atoms with Crippen molar-refractivity contribution in [2.24, 2.45) is 5.73 Å². The Kier molecular flexibility index (Phi) is 4.88. The summed E-state index contributed by atoms with van der Waals surface area (Å²) in [5.74, 6) is 0.948. The molecule has 3 atom stereocenters. The number of hydrogen-bond acceptors (Lipinski definition) is 3. The van der Waals surface area contributed by atoms with Crippen molar-refractivity contribution >= 4 is 10.8 Å². The molecular formula is C20H28N2O. The van der Waals surface area contributed by atoms with Crippen LogP contribution in [0.4, 0.5) is 0 Å². The molecule has 124 valence electrons. The molecule has 1 aliphatic rings. The molecule has 2 aromatic rings.